The van der Waals surface area contributed by atoms with Crippen molar-refractivity contribution in [3.05, 3.63) is 11.3 Å². The van der Waals surface area contributed by atoms with Crippen molar-refractivity contribution in [1.82, 2.24) is 15.1 Å². The van der Waals surface area contributed by atoms with E-state index in [2.05, 4.69) is 10.2 Å². The van der Waals surface area contributed by atoms with Gasteiger partial charge >= 0.3 is 6.09 Å². The molecule has 14 heavy (non-hydrogen) atoms. The minimum atomic E-state index is -0.969. The van der Waals surface area contributed by atoms with E-state index in [1.54, 1.807) is 0 Å². The molecule has 1 amide bonds. The number of rotatable bonds is 0. The van der Waals surface area contributed by atoms with Gasteiger partial charge in [0.1, 0.15) is 0 Å². The molecule has 0 saturated heterocycles. The molecule has 1 aliphatic rings. The summed E-state index contributed by atoms with van der Waals surface area (Å²) in [6, 6.07) is -0.0835. The highest BCUT2D eigenvalue weighted by Crippen LogP contribution is 2.27. The van der Waals surface area contributed by atoms with Gasteiger partial charge in [-0.1, -0.05) is 0 Å². The first kappa shape index (κ1) is 8.86. The van der Waals surface area contributed by atoms with Crippen molar-refractivity contribution >= 4 is 6.09 Å². The summed E-state index contributed by atoms with van der Waals surface area (Å²) in [7, 11) is 0. The molecule has 0 saturated carbocycles. The van der Waals surface area contributed by atoms with Gasteiger partial charge < -0.3 is 15.1 Å². The summed E-state index contributed by atoms with van der Waals surface area (Å²) in [5.41, 5.74) is 1.41. The van der Waals surface area contributed by atoms with E-state index in [-0.39, 0.29) is 18.5 Å². The zero-order valence-electron chi connectivity index (χ0n) is 7.69. The lowest BCUT2D eigenvalue weighted by atomic mass is 10.0. The first-order valence-electron chi connectivity index (χ1n) is 4.34. The summed E-state index contributed by atoms with van der Waals surface area (Å²) in [4.78, 5) is 12.1. The summed E-state index contributed by atoms with van der Waals surface area (Å²) < 4.78 is 0. The molecular weight excluding hydrogens is 186 g/mol. The highest BCUT2D eigenvalue weighted by atomic mass is 16.4. The van der Waals surface area contributed by atoms with Crippen LogP contribution in [0.15, 0.2) is 0 Å². The van der Waals surface area contributed by atoms with Gasteiger partial charge in [-0.15, -0.1) is 5.10 Å². The Hall–Kier alpha value is -1.72. The van der Waals surface area contributed by atoms with Gasteiger partial charge in [-0.2, -0.15) is 0 Å². The molecule has 1 atom stereocenters. The molecule has 6 heteroatoms. The molecule has 6 nitrogen and oxygen atoms in total. The second kappa shape index (κ2) is 2.90. The first-order chi connectivity index (χ1) is 6.59. The third-order valence-electron chi connectivity index (χ3n) is 2.54. The Morgan fingerprint density at radius 3 is 3.07 bits per heavy atom. The highest BCUT2D eigenvalue weighted by molar-refractivity contribution is 5.66. The van der Waals surface area contributed by atoms with Gasteiger partial charge in [0.15, 0.2) is 0 Å². The Labute approximate surface area is 80.2 Å². The molecule has 0 aromatic carbocycles. The predicted molar refractivity (Wildman–Crippen MR) is 47.0 cm³/mol. The zero-order chi connectivity index (χ0) is 10.3. The smallest absolute Gasteiger partial charge is 0.407 e. The molecule has 0 radical (unpaired) electrons. The number of nitrogens with one attached hydrogen (secondary N) is 1. The fourth-order valence-corrected chi connectivity index (χ4v) is 1.71. The van der Waals surface area contributed by atoms with Gasteiger partial charge in [-0.05, 0) is 6.92 Å². The van der Waals surface area contributed by atoms with Gasteiger partial charge in [0.25, 0.3) is 0 Å². The molecule has 1 aliphatic heterocycles. The summed E-state index contributed by atoms with van der Waals surface area (Å²) in [5, 5.41) is 24.5. The van der Waals surface area contributed by atoms with E-state index in [0.29, 0.717) is 12.0 Å². The Bertz CT molecular complexity index is 374. The van der Waals surface area contributed by atoms with Gasteiger partial charge in [-0.3, -0.25) is 5.10 Å². The third-order valence-corrected chi connectivity index (χ3v) is 2.54. The van der Waals surface area contributed by atoms with E-state index >= 15 is 0 Å². The van der Waals surface area contributed by atoms with Crippen molar-refractivity contribution in [1.29, 1.82) is 0 Å². The van der Waals surface area contributed by atoms with Crippen molar-refractivity contribution in [3.8, 4) is 5.88 Å². The lowest BCUT2D eigenvalue weighted by molar-refractivity contribution is 0.119. The Kier molecular flexibility index (Phi) is 1.83. The summed E-state index contributed by atoms with van der Waals surface area (Å²) >= 11 is 0. The Morgan fingerprint density at radius 1 is 1.71 bits per heavy atom. The van der Waals surface area contributed by atoms with Gasteiger partial charge in [0.05, 0.1) is 12.1 Å². The standard InChI is InChI=1S/C8H11N3O3/c1-4-2-6-5(7(12)10-9-6)3-11(4)8(13)14/h4H,2-3H2,1H3,(H,13,14)(H2,9,10,12). The number of carbonyl (C=O) groups is 1. The van der Waals surface area contributed by atoms with Crippen molar-refractivity contribution in [2.45, 2.75) is 25.9 Å². The van der Waals surface area contributed by atoms with Crippen LogP contribution in [0.3, 0.4) is 0 Å². The summed E-state index contributed by atoms with van der Waals surface area (Å²) in [5.74, 6) is -0.0989. The number of aromatic amines is 1. The Morgan fingerprint density at radius 2 is 2.43 bits per heavy atom. The van der Waals surface area contributed by atoms with Crippen molar-refractivity contribution in [3.63, 3.8) is 0 Å². The molecule has 1 unspecified atom stereocenters. The van der Waals surface area contributed by atoms with Crippen LogP contribution < -0.4 is 0 Å². The maximum Gasteiger partial charge on any atom is 0.407 e. The molecule has 0 fully saturated rings. The lowest BCUT2D eigenvalue weighted by Gasteiger charge is -2.30. The van der Waals surface area contributed by atoms with Gasteiger partial charge in [0.2, 0.25) is 5.88 Å². The lowest BCUT2D eigenvalue weighted by Crippen LogP contribution is -2.41. The predicted octanol–water partition coefficient (Wildman–Crippen LogP) is 0.540. The number of amides is 1. The number of carboxylic acid groups (broad SMARTS) is 1. The zero-order valence-corrected chi connectivity index (χ0v) is 7.69. The van der Waals surface area contributed by atoms with Crippen LogP contribution in [0.5, 0.6) is 5.88 Å². The molecule has 2 rings (SSSR count). The normalized spacial score (nSPS) is 20.6. The molecule has 1 aromatic rings. The second-order valence-corrected chi connectivity index (χ2v) is 3.47. The van der Waals surface area contributed by atoms with Crippen LogP contribution in [0.1, 0.15) is 18.2 Å². The molecule has 3 N–H and O–H groups in total. The van der Waals surface area contributed by atoms with Gasteiger partial charge in [0, 0.05) is 18.2 Å². The quantitative estimate of drug-likeness (QED) is 0.566. The van der Waals surface area contributed by atoms with E-state index in [4.69, 9.17) is 5.11 Å². The largest absolute Gasteiger partial charge is 0.492 e. The van der Waals surface area contributed by atoms with E-state index in [1.165, 1.54) is 4.90 Å². The van der Waals surface area contributed by atoms with E-state index in [0.717, 1.165) is 5.69 Å². The summed E-state index contributed by atoms with van der Waals surface area (Å²) in [6.45, 7) is 2.03. The van der Waals surface area contributed by atoms with Gasteiger partial charge in [-0.25, -0.2) is 4.79 Å². The SMILES string of the molecule is CC1Cc2[nH]nc(O)c2CN1C(=O)O. The maximum absolute atomic E-state index is 10.8. The van der Waals surface area contributed by atoms with Crippen LogP contribution in [0.25, 0.3) is 0 Å². The first-order valence-corrected chi connectivity index (χ1v) is 4.34. The van der Waals surface area contributed by atoms with Crippen LogP contribution in [0.4, 0.5) is 4.79 Å². The number of hydrogen-bond acceptors (Lipinski definition) is 3. The van der Waals surface area contributed by atoms with Crippen LogP contribution >= 0.6 is 0 Å². The molecular formula is C8H11N3O3. The maximum atomic E-state index is 10.8. The molecule has 0 aliphatic carbocycles. The number of fused-ring (bicyclic) bond motifs is 1. The average Bonchev–Trinajstić information content (AvgIpc) is 2.46. The average molecular weight is 197 g/mol. The van der Waals surface area contributed by atoms with E-state index in [9.17, 15) is 9.90 Å². The Balaban J connectivity index is 2.33. The monoisotopic (exact) mass is 197 g/mol. The van der Waals surface area contributed by atoms with Crippen molar-refractivity contribution in [2.24, 2.45) is 0 Å². The molecule has 76 valence electrons. The highest BCUT2D eigenvalue weighted by Gasteiger charge is 2.29. The minimum Gasteiger partial charge on any atom is -0.492 e. The van der Waals surface area contributed by atoms with Crippen molar-refractivity contribution < 1.29 is 15.0 Å². The molecule has 2 heterocycles. The van der Waals surface area contributed by atoms with Crippen LogP contribution in [-0.2, 0) is 13.0 Å². The number of H-pyrrole nitrogens is 1. The van der Waals surface area contributed by atoms with Crippen LogP contribution in [-0.4, -0.2) is 37.4 Å². The van der Waals surface area contributed by atoms with E-state index in [1.807, 2.05) is 6.92 Å². The summed E-state index contributed by atoms with van der Waals surface area (Å²) in [6.07, 6.45) is -0.404. The fraction of sp³-hybridized carbons (Fsp3) is 0.500. The second-order valence-electron chi connectivity index (χ2n) is 3.47. The fourth-order valence-electron chi connectivity index (χ4n) is 1.71. The molecule has 1 aromatic heterocycles. The number of nitrogens with zero attached hydrogens (tertiary/aromatic N) is 2. The van der Waals surface area contributed by atoms with Crippen molar-refractivity contribution in [2.75, 3.05) is 0 Å². The topological polar surface area (TPSA) is 89.5 Å². The number of aromatic nitrogens is 2. The minimum absolute atomic E-state index is 0.0835. The number of aromatic hydroxyl groups is 1. The number of hydrogen-bond donors (Lipinski definition) is 3. The molecule has 0 bridgehead atoms. The molecule has 0 spiro atoms. The van der Waals surface area contributed by atoms with Crippen LogP contribution in [0.2, 0.25) is 0 Å². The third kappa shape index (κ3) is 1.19. The van der Waals surface area contributed by atoms with Crippen LogP contribution in [0, 0.1) is 0 Å². The van der Waals surface area contributed by atoms with E-state index < -0.39 is 6.09 Å².